The summed E-state index contributed by atoms with van der Waals surface area (Å²) < 4.78 is 33.0. The average Bonchev–Trinajstić information content (AvgIpc) is 2.91. The third-order valence-corrected chi connectivity index (χ3v) is 7.17. The van der Waals surface area contributed by atoms with Crippen LogP contribution in [-0.4, -0.2) is 58.0 Å². The Labute approximate surface area is 205 Å². The van der Waals surface area contributed by atoms with Crippen LogP contribution in [-0.2, 0) is 26.1 Å². The Hall–Kier alpha value is -3.69. The number of nitrogens with zero attached hydrogens (tertiary/aromatic N) is 2. The normalized spacial score (nSPS) is 13.9. The first-order valence-corrected chi connectivity index (χ1v) is 12.8. The predicted molar refractivity (Wildman–Crippen MR) is 132 cm³/mol. The van der Waals surface area contributed by atoms with Crippen LogP contribution in [0.5, 0.6) is 0 Å². The summed E-state index contributed by atoms with van der Waals surface area (Å²) in [7, 11) is -3.83. The minimum absolute atomic E-state index is 0.0498. The minimum Gasteiger partial charge on any atom is -0.452 e. The third kappa shape index (κ3) is 6.46. The average molecular weight is 494 g/mol. The van der Waals surface area contributed by atoms with Crippen molar-refractivity contribution in [1.29, 1.82) is 0 Å². The molecule has 35 heavy (non-hydrogen) atoms. The summed E-state index contributed by atoms with van der Waals surface area (Å²) in [4.78, 5) is 28.9. The number of benzene rings is 3. The van der Waals surface area contributed by atoms with Crippen LogP contribution in [0.2, 0.25) is 0 Å². The molecule has 1 aliphatic rings. The number of sulfonamides is 1. The van der Waals surface area contributed by atoms with Crippen LogP contribution in [0.25, 0.3) is 0 Å². The van der Waals surface area contributed by atoms with Gasteiger partial charge < -0.3 is 14.5 Å². The van der Waals surface area contributed by atoms with Gasteiger partial charge in [-0.2, -0.15) is 0 Å². The van der Waals surface area contributed by atoms with Crippen LogP contribution in [0, 0.1) is 0 Å². The smallest absolute Gasteiger partial charge is 0.338 e. The van der Waals surface area contributed by atoms with Gasteiger partial charge in [0.2, 0.25) is 10.0 Å². The number of carbonyl (C=O) groups is 2. The lowest BCUT2D eigenvalue weighted by Gasteiger charge is -2.36. The lowest BCUT2D eigenvalue weighted by molar-refractivity contribution is -0.134. The van der Waals surface area contributed by atoms with Crippen LogP contribution in [0.15, 0.2) is 89.8 Å². The molecule has 0 aliphatic carbocycles. The maximum atomic E-state index is 12.7. The second-order valence-corrected chi connectivity index (χ2v) is 9.88. The number of ether oxygens (including phenoxy) is 1. The molecule has 1 amide bonds. The molecule has 0 bridgehead atoms. The van der Waals surface area contributed by atoms with Crippen molar-refractivity contribution in [2.75, 3.05) is 37.7 Å². The molecule has 0 unspecified atom stereocenters. The molecule has 0 aromatic heterocycles. The molecule has 4 rings (SSSR count). The number of hydrogen-bond donors (Lipinski definition) is 1. The number of piperazine rings is 1. The fourth-order valence-electron chi connectivity index (χ4n) is 3.80. The SMILES string of the molecule is O=C(OCC(=O)N1CCN(c2ccccc2)CC1)c1cccc(S(=O)(=O)NCc2ccccc2)c1. The van der Waals surface area contributed by atoms with Crippen molar-refractivity contribution >= 4 is 27.6 Å². The van der Waals surface area contributed by atoms with E-state index in [1.165, 1.54) is 24.3 Å². The van der Waals surface area contributed by atoms with Crippen molar-refractivity contribution in [2.24, 2.45) is 0 Å². The van der Waals surface area contributed by atoms with Gasteiger partial charge in [-0.1, -0.05) is 54.6 Å². The molecule has 3 aromatic carbocycles. The van der Waals surface area contributed by atoms with Gasteiger partial charge in [0.25, 0.3) is 5.91 Å². The first-order valence-electron chi connectivity index (χ1n) is 11.3. The quantitative estimate of drug-likeness (QED) is 0.485. The van der Waals surface area contributed by atoms with E-state index in [-0.39, 0.29) is 22.9 Å². The molecule has 1 saturated heterocycles. The summed E-state index contributed by atoms with van der Waals surface area (Å²) >= 11 is 0. The van der Waals surface area contributed by atoms with E-state index in [1.807, 2.05) is 60.7 Å². The summed E-state index contributed by atoms with van der Waals surface area (Å²) in [5, 5.41) is 0. The van der Waals surface area contributed by atoms with Crippen LogP contribution in [0.3, 0.4) is 0 Å². The van der Waals surface area contributed by atoms with Crippen molar-refractivity contribution in [3.8, 4) is 0 Å². The topological polar surface area (TPSA) is 96.0 Å². The Kier molecular flexibility index (Phi) is 7.79. The van der Waals surface area contributed by atoms with E-state index in [1.54, 1.807) is 4.90 Å². The molecule has 8 nitrogen and oxygen atoms in total. The number of rotatable bonds is 8. The van der Waals surface area contributed by atoms with Crippen molar-refractivity contribution < 1.29 is 22.7 Å². The van der Waals surface area contributed by atoms with Crippen molar-refractivity contribution in [2.45, 2.75) is 11.4 Å². The Bertz CT molecular complexity index is 1260. The van der Waals surface area contributed by atoms with Crippen LogP contribution in [0.1, 0.15) is 15.9 Å². The van der Waals surface area contributed by atoms with E-state index in [4.69, 9.17) is 4.74 Å². The molecule has 1 heterocycles. The first-order chi connectivity index (χ1) is 16.9. The Morgan fingerprint density at radius 2 is 1.49 bits per heavy atom. The number of hydrogen-bond acceptors (Lipinski definition) is 6. The lowest BCUT2D eigenvalue weighted by atomic mass is 10.2. The number of para-hydroxylation sites is 1. The number of anilines is 1. The van der Waals surface area contributed by atoms with E-state index < -0.39 is 22.6 Å². The maximum absolute atomic E-state index is 12.7. The van der Waals surface area contributed by atoms with E-state index >= 15 is 0 Å². The minimum atomic E-state index is -3.83. The molecule has 0 atom stereocenters. The van der Waals surface area contributed by atoms with Crippen LogP contribution in [0.4, 0.5) is 5.69 Å². The van der Waals surface area contributed by atoms with E-state index in [0.29, 0.717) is 26.2 Å². The summed E-state index contributed by atoms with van der Waals surface area (Å²) in [5.74, 6) is -1.03. The van der Waals surface area contributed by atoms with Gasteiger partial charge in [-0.15, -0.1) is 0 Å². The first kappa shape index (κ1) is 24.4. The van der Waals surface area contributed by atoms with Gasteiger partial charge in [-0.05, 0) is 35.9 Å². The molecule has 1 N–H and O–H groups in total. The Morgan fingerprint density at radius 3 is 2.17 bits per heavy atom. The molecular formula is C26H27N3O5S. The maximum Gasteiger partial charge on any atom is 0.338 e. The zero-order chi connectivity index (χ0) is 24.7. The lowest BCUT2D eigenvalue weighted by Crippen LogP contribution is -2.49. The van der Waals surface area contributed by atoms with Crippen LogP contribution >= 0.6 is 0 Å². The van der Waals surface area contributed by atoms with Crippen molar-refractivity contribution in [1.82, 2.24) is 9.62 Å². The fourth-order valence-corrected chi connectivity index (χ4v) is 4.87. The third-order valence-electron chi connectivity index (χ3n) is 5.77. The van der Waals surface area contributed by atoms with Crippen LogP contribution < -0.4 is 9.62 Å². The van der Waals surface area contributed by atoms with Gasteiger partial charge >= 0.3 is 5.97 Å². The van der Waals surface area contributed by atoms with Crippen molar-refractivity contribution in [3.05, 3.63) is 96.1 Å². The number of esters is 1. The fraction of sp³-hybridized carbons (Fsp3) is 0.231. The summed E-state index contributed by atoms with van der Waals surface area (Å²) in [5.41, 5.74) is 1.99. The number of amides is 1. The highest BCUT2D eigenvalue weighted by atomic mass is 32.2. The van der Waals surface area contributed by atoms with Gasteiger partial charge in [0.1, 0.15) is 0 Å². The second-order valence-electron chi connectivity index (χ2n) is 8.12. The summed E-state index contributed by atoms with van der Waals surface area (Å²) in [6, 6.07) is 24.7. The zero-order valence-corrected chi connectivity index (χ0v) is 20.0. The van der Waals surface area contributed by atoms with E-state index in [0.717, 1.165) is 11.3 Å². The summed E-state index contributed by atoms with van der Waals surface area (Å²) in [6.07, 6.45) is 0. The van der Waals surface area contributed by atoms with E-state index in [2.05, 4.69) is 9.62 Å². The molecule has 1 aliphatic heterocycles. The molecule has 182 valence electrons. The monoisotopic (exact) mass is 493 g/mol. The number of carbonyl (C=O) groups excluding carboxylic acids is 2. The zero-order valence-electron chi connectivity index (χ0n) is 19.2. The highest BCUT2D eigenvalue weighted by molar-refractivity contribution is 7.89. The predicted octanol–water partition coefficient (Wildman–Crippen LogP) is 2.67. The standard InChI is InChI=1S/C26H27N3O5S/c30-25(29-16-14-28(15-17-29)23-11-5-2-6-12-23)20-34-26(31)22-10-7-13-24(18-22)35(32,33)27-19-21-8-3-1-4-9-21/h1-13,18,27H,14-17,19-20H2. The van der Waals surface area contributed by atoms with Gasteiger partial charge in [0.15, 0.2) is 6.61 Å². The summed E-state index contributed by atoms with van der Waals surface area (Å²) in [6.45, 7) is 2.19. The van der Waals surface area contributed by atoms with Gasteiger partial charge in [-0.3, -0.25) is 4.79 Å². The highest BCUT2D eigenvalue weighted by Gasteiger charge is 2.23. The molecule has 0 spiro atoms. The molecule has 0 radical (unpaired) electrons. The molecule has 3 aromatic rings. The molecule has 1 fully saturated rings. The Balaban J connectivity index is 1.29. The number of nitrogens with one attached hydrogen (secondary N) is 1. The van der Waals surface area contributed by atoms with Gasteiger partial charge in [0, 0.05) is 38.4 Å². The highest BCUT2D eigenvalue weighted by Crippen LogP contribution is 2.16. The molecular weight excluding hydrogens is 466 g/mol. The van der Waals surface area contributed by atoms with Crippen molar-refractivity contribution in [3.63, 3.8) is 0 Å². The second kappa shape index (κ2) is 11.2. The largest absolute Gasteiger partial charge is 0.452 e. The molecule has 9 heteroatoms. The van der Waals surface area contributed by atoms with E-state index in [9.17, 15) is 18.0 Å². The molecule has 0 saturated carbocycles. The van der Waals surface area contributed by atoms with Gasteiger partial charge in [0.05, 0.1) is 10.5 Å². The Morgan fingerprint density at radius 1 is 0.829 bits per heavy atom. The van der Waals surface area contributed by atoms with Gasteiger partial charge in [-0.25, -0.2) is 17.9 Å².